The molecule has 0 radical (unpaired) electrons. The number of amides is 1. The van der Waals surface area contributed by atoms with Gasteiger partial charge in [-0.25, -0.2) is 0 Å². The van der Waals surface area contributed by atoms with Crippen LogP contribution in [0.3, 0.4) is 0 Å². The molecule has 6 rings (SSSR count). The first-order valence-corrected chi connectivity index (χ1v) is 11.4. The van der Waals surface area contributed by atoms with Gasteiger partial charge in [0.25, 0.3) is 5.91 Å². The third-order valence-electron chi connectivity index (χ3n) is 6.82. The number of nitrogens with zero attached hydrogens (tertiary/aromatic N) is 3. The lowest BCUT2D eigenvalue weighted by Gasteiger charge is -2.18. The Bertz CT molecular complexity index is 1070. The van der Waals surface area contributed by atoms with Gasteiger partial charge in [-0.05, 0) is 60.7 Å². The van der Waals surface area contributed by atoms with E-state index in [9.17, 15) is 4.79 Å². The molecule has 4 nitrogen and oxygen atoms in total. The van der Waals surface area contributed by atoms with Crippen LogP contribution in [0.5, 0.6) is 0 Å². The fourth-order valence-corrected chi connectivity index (χ4v) is 4.63. The van der Waals surface area contributed by atoms with E-state index in [4.69, 9.17) is 0 Å². The Kier molecular flexibility index (Phi) is 5.01. The van der Waals surface area contributed by atoms with Gasteiger partial charge in [-0.2, -0.15) is 0 Å². The first-order chi connectivity index (χ1) is 14.6. The van der Waals surface area contributed by atoms with E-state index in [0.29, 0.717) is 6.54 Å². The predicted molar refractivity (Wildman–Crippen MR) is 124 cm³/mol. The highest BCUT2D eigenvalue weighted by atomic mass is 16.2. The number of carbonyl (C=O) groups is 1. The van der Waals surface area contributed by atoms with Crippen LogP contribution in [0.2, 0.25) is 0 Å². The van der Waals surface area contributed by atoms with Crippen molar-refractivity contribution >= 4 is 28.2 Å². The van der Waals surface area contributed by atoms with Crippen LogP contribution in [0.1, 0.15) is 54.9 Å². The molecule has 2 aromatic carbocycles. The second kappa shape index (κ2) is 7.82. The number of hydrogen-bond donors (Lipinski definition) is 0. The summed E-state index contributed by atoms with van der Waals surface area (Å²) in [6.07, 6.45) is 8.98. The lowest BCUT2D eigenvalue weighted by Crippen LogP contribution is -2.23. The molecule has 156 valence electrons. The summed E-state index contributed by atoms with van der Waals surface area (Å²) in [6, 6.07) is 14.7. The van der Waals surface area contributed by atoms with Gasteiger partial charge in [0.1, 0.15) is 0 Å². The van der Waals surface area contributed by atoms with E-state index in [-0.39, 0.29) is 5.91 Å². The number of aromatic nitrogens is 1. The van der Waals surface area contributed by atoms with E-state index < -0.39 is 0 Å². The number of hydrogen-bond acceptors (Lipinski definition) is 2. The van der Waals surface area contributed by atoms with E-state index in [1.807, 2.05) is 18.0 Å². The number of rotatable bonds is 3. The van der Waals surface area contributed by atoms with Crippen LogP contribution in [-0.2, 0) is 13.6 Å². The summed E-state index contributed by atoms with van der Waals surface area (Å²) in [7, 11) is 2.04. The zero-order valence-corrected chi connectivity index (χ0v) is 18.1. The Balaban J connectivity index is 0.000000340. The molecular weight excluding hydrogens is 370 g/mol. The van der Waals surface area contributed by atoms with Gasteiger partial charge in [0.2, 0.25) is 0 Å². The van der Waals surface area contributed by atoms with Crippen LogP contribution in [-0.4, -0.2) is 23.6 Å². The zero-order chi connectivity index (χ0) is 20.7. The largest absolute Gasteiger partial charge is 0.372 e. The summed E-state index contributed by atoms with van der Waals surface area (Å²) in [4.78, 5) is 17.3. The van der Waals surface area contributed by atoms with Gasteiger partial charge in [-0.15, -0.1) is 0 Å². The van der Waals surface area contributed by atoms with Gasteiger partial charge in [0.05, 0.1) is 6.54 Å². The average Bonchev–Trinajstić information content (AvgIpc) is 3.16. The summed E-state index contributed by atoms with van der Waals surface area (Å²) in [5, 5.41) is 1.17. The smallest absolute Gasteiger partial charge is 0.259 e. The molecule has 1 aliphatic carbocycles. The van der Waals surface area contributed by atoms with Crippen molar-refractivity contribution in [2.24, 2.45) is 13.0 Å². The van der Waals surface area contributed by atoms with Crippen molar-refractivity contribution in [3.05, 3.63) is 59.8 Å². The number of carbonyl (C=O) groups excluding carboxylic acids is 1. The van der Waals surface area contributed by atoms with Crippen molar-refractivity contribution in [1.29, 1.82) is 0 Å². The van der Waals surface area contributed by atoms with Crippen LogP contribution in [0, 0.1) is 5.92 Å². The fourth-order valence-electron chi connectivity index (χ4n) is 4.63. The molecule has 4 heteroatoms. The molecule has 1 saturated carbocycles. The molecule has 1 aromatic heterocycles. The molecule has 0 N–H and O–H groups in total. The monoisotopic (exact) mass is 401 g/mol. The van der Waals surface area contributed by atoms with E-state index in [1.54, 1.807) is 0 Å². The number of benzene rings is 2. The zero-order valence-electron chi connectivity index (χ0n) is 18.1. The van der Waals surface area contributed by atoms with Gasteiger partial charge in [0.15, 0.2) is 0 Å². The van der Waals surface area contributed by atoms with E-state index >= 15 is 0 Å². The van der Waals surface area contributed by atoms with Crippen molar-refractivity contribution < 1.29 is 4.79 Å². The summed E-state index contributed by atoms with van der Waals surface area (Å²) >= 11 is 0. The SMILES string of the molecule is CCC1CC1.Cn1ccc2cc(N3Cc4ccc(N5CCCC5)cc4C3=O)ccc21. The molecule has 0 spiro atoms. The third-order valence-corrected chi connectivity index (χ3v) is 6.82. The number of anilines is 2. The molecule has 2 fully saturated rings. The first kappa shape index (κ1) is 19.2. The summed E-state index contributed by atoms with van der Waals surface area (Å²) in [5.74, 6) is 1.25. The van der Waals surface area contributed by atoms with E-state index in [1.165, 1.54) is 48.7 Å². The molecule has 3 aromatic rings. The van der Waals surface area contributed by atoms with Crippen molar-refractivity contribution in [2.45, 2.75) is 45.6 Å². The molecule has 0 unspecified atom stereocenters. The molecule has 0 bridgehead atoms. The lowest BCUT2D eigenvalue weighted by molar-refractivity contribution is 0.0996. The molecule has 2 aliphatic heterocycles. The molecular formula is C26H31N3O. The normalized spacial score (nSPS) is 18.0. The Morgan fingerprint density at radius 2 is 1.73 bits per heavy atom. The maximum Gasteiger partial charge on any atom is 0.259 e. The molecule has 1 saturated heterocycles. The highest BCUT2D eigenvalue weighted by Gasteiger charge is 2.29. The van der Waals surface area contributed by atoms with Crippen LogP contribution < -0.4 is 9.80 Å². The number of fused-ring (bicyclic) bond motifs is 2. The Hall–Kier alpha value is -2.75. The topological polar surface area (TPSA) is 28.5 Å². The molecule has 1 amide bonds. The second-order valence-corrected chi connectivity index (χ2v) is 8.95. The van der Waals surface area contributed by atoms with Crippen molar-refractivity contribution in [3.63, 3.8) is 0 Å². The second-order valence-electron chi connectivity index (χ2n) is 8.95. The highest BCUT2D eigenvalue weighted by Crippen LogP contribution is 2.33. The van der Waals surface area contributed by atoms with Crippen molar-refractivity contribution in [3.8, 4) is 0 Å². The summed E-state index contributed by atoms with van der Waals surface area (Å²) in [5.41, 5.74) is 5.33. The standard InChI is InChI=1S/C21H21N3O.C5H10/c1-22-11-8-15-12-18(6-7-20(15)22)24-14-16-4-5-17(13-19(16)21(24)25)23-9-2-3-10-23;1-2-5-3-4-5/h4-8,11-13H,2-3,9-10,14H2,1H3;5H,2-4H2,1H3. The van der Waals surface area contributed by atoms with Gasteiger partial charge >= 0.3 is 0 Å². The summed E-state index contributed by atoms with van der Waals surface area (Å²) in [6.45, 7) is 5.12. The molecule has 30 heavy (non-hydrogen) atoms. The fraction of sp³-hybridized carbons (Fsp3) is 0.423. The van der Waals surface area contributed by atoms with Crippen LogP contribution >= 0.6 is 0 Å². The maximum atomic E-state index is 13.0. The minimum atomic E-state index is 0.117. The van der Waals surface area contributed by atoms with Crippen LogP contribution in [0.15, 0.2) is 48.7 Å². The predicted octanol–water partition coefficient (Wildman–Crippen LogP) is 5.75. The van der Waals surface area contributed by atoms with Gasteiger partial charge in [0, 0.05) is 54.2 Å². The van der Waals surface area contributed by atoms with Crippen LogP contribution in [0.4, 0.5) is 11.4 Å². The summed E-state index contributed by atoms with van der Waals surface area (Å²) < 4.78 is 2.10. The maximum absolute atomic E-state index is 13.0. The van der Waals surface area contributed by atoms with Gasteiger partial charge in [-0.1, -0.05) is 32.3 Å². The van der Waals surface area contributed by atoms with Gasteiger partial charge in [-0.3, -0.25) is 4.79 Å². The first-order valence-electron chi connectivity index (χ1n) is 11.4. The molecule has 3 aliphatic rings. The Labute approximate surface area is 179 Å². The Morgan fingerprint density at radius 3 is 2.43 bits per heavy atom. The third kappa shape index (κ3) is 3.60. The van der Waals surface area contributed by atoms with Crippen LogP contribution in [0.25, 0.3) is 10.9 Å². The van der Waals surface area contributed by atoms with Crippen molar-refractivity contribution in [2.75, 3.05) is 22.9 Å². The molecule has 0 atom stereocenters. The van der Waals surface area contributed by atoms with Gasteiger partial charge < -0.3 is 14.4 Å². The number of aryl methyl sites for hydroxylation is 1. The molecule has 3 heterocycles. The average molecular weight is 402 g/mol. The minimum absolute atomic E-state index is 0.117. The van der Waals surface area contributed by atoms with Crippen molar-refractivity contribution in [1.82, 2.24) is 4.57 Å². The lowest BCUT2D eigenvalue weighted by atomic mass is 10.1. The minimum Gasteiger partial charge on any atom is -0.372 e. The quantitative estimate of drug-likeness (QED) is 0.559. The Morgan fingerprint density at radius 1 is 0.967 bits per heavy atom. The van der Waals surface area contributed by atoms with E-state index in [2.05, 4.69) is 59.0 Å². The highest BCUT2D eigenvalue weighted by molar-refractivity contribution is 6.11. The van der Waals surface area contributed by atoms with E-state index in [0.717, 1.165) is 35.8 Å².